The van der Waals surface area contributed by atoms with E-state index < -0.39 is 0 Å². The van der Waals surface area contributed by atoms with E-state index in [0.717, 1.165) is 26.1 Å². The zero-order chi connectivity index (χ0) is 15.9. The Morgan fingerprint density at radius 2 is 2.05 bits per heavy atom. The van der Waals surface area contributed by atoms with Crippen LogP contribution in [0.1, 0.15) is 37.9 Å². The molecule has 1 atom stereocenters. The molecular weight excluding hydrogens is 270 g/mol. The van der Waals surface area contributed by atoms with Crippen LogP contribution in [0, 0.1) is 0 Å². The summed E-state index contributed by atoms with van der Waals surface area (Å²) >= 11 is 0. The Bertz CT molecular complexity index is 545. The molecule has 120 valence electrons. The zero-order valence-corrected chi connectivity index (χ0v) is 14.3. The molecule has 0 radical (unpaired) electrons. The van der Waals surface area contributed by atoms with E-state index in [9.17, 15) is 0 Å². The van der Waals surface area contributed by atoms with Crippen LogP contribution in [0.2, 0.25) is 0 Å². The van der Waals surface area contributed by atoms with Crippen LogP contribution in [0.15, 0.2) is 47.8 Å². The smallest absolute Gasteiger partial charge is 0.105 e. The van der Waals surface area contributed by atoms with Gasteiger partial charge in [-0.25, -0.2) is 0 Å². The van der Waals surface area contributed by atoms with Gasteiger partial charge in [-0.1, -0.05) is 50.3 Å². The maximum absolute atomic E-state index is 3.53. The lowest BCUT2D eigenvalue weighted by atomic mass is 9.96. The van der Waals surface area contributed by atoms with E-state index in [1.165, 1.54) is 22.5 Å². The molecule has 2 aliphatic heterocycles. The first-order valence-electron chi connectivity index (χ1n) is 8.44. The van der Waals surface area contributed by atoms with Gasteiger partial charge in [0.1, 0.15) is 5.82 Å². The molecule has 1 fully saturated rings. The van der Waals surface area contributed by atoms with E-state index >= 15 is 0 Å². The van der Waals surface area contributed by atoms with E-state index in [2.05, 4.69) is 58.9 Å². The molecule has 1 unspecified atom stereocenters. The Kier molecular flexibility index (Phi) is 6.08. The lowest BCUT2D eigenvalue weighted by Gasteiger charge is -2.39. The van der Waals surface area contributed by atoms with Crippen molar-refractivity contribution in [2.75, 3.05) is 26.7 Å². The molecule has 0 aliphatic carbocycles. The van der Waals surface area contributed by atoms with Crippen LogP contribution in [-0.2, 0) is 6.42 Å². The monoisotopic (exact) mass is 299 g/mol. The van der Waals surface area contributed by atoms with Crippen LogP contribution in [-0.4, -0.2) is 31.6 Å². The molecule has 0 saturated carbocycles. The van der Waals surface area contributed by atoms with Crippen molar-refractivity contribution < 1.29 is 0 Å². The van der Waals surface area contributed by atoms with Crippen molar-refractivity contribution in [3.05, 3.63) is 58.9 Å². The molecule has 2 N–H and O–H groups in total. The number of fused-ring (bicyclic) bond motifs is 3. The minimum atomic E-state index is 0.435. The maximum atomic E-state index is 3.53. The number of rotatable bonds is 2. The normalized spacial score (nSPS) is 20.7. The number of nitrogens with one attached hydrogen (secondary N) is 2. The molecule has 0 spiro atoms. The summed E-state index contributed by atoms with van der Waals surface area (Å²) in [6.45, 7) is 9.21. The van der Waals surface area contributed by atoms with Crippen LogP contribution < -0.4 is 10.6 Å². The summed E-state index contributed by atoms with van der Waals surface area (Å²) in [7, 11) is 2.04. The first-order valence-corrected chi connectivity index (χ1v) is 8.44. The molecular formula is C19H29N3. The molecule has 1 saturated heterocycles. The van der Waals surface area contributed by atoms with Crippen LogP contribution in [0.5, 0.6) is 0 Å². The molecule has 0 aromatic heterocycles. The fourth-order valence-corrected chi connectivity index (χ4v) is 3.39. The van der Waals surface area contributed by atoms with Crippen LogP contribution in [0.4, 0.5) is 0 Å². The number of nitrogens with zero attached hydrogens (tertiary/aromatic N) is 1. The molecule has 2 aliphatic rings. The molecule has 1 aromatic rings. The minimum absolute atomic E-state index is 0.435. The Hall–Kier alpha value is -1.74. The third-order valence-electron chi connectivity index (χ3n) is 4.23. The Balaban J connectivity index is 0.000000847. The van der Waals surface area contributed by atoms with Crippen molar-refractivity contribution in [1.82, 2.24) is 15.5 Å². The van der Waals surface area contributed by atoms with Gasteiger partial charge < -0.3 is 15.5 Å². The standard InChI is InChI=1S/C17H23N3.C2H6/c1-3-6-14-11-13-7-4-5-8-15(13)16-12-19-9-10-20(16)17(14)18-2;1-2/h3-8,16,18-19H,9-12H2,1-2H3;1-2H3/b6-3-;. The van der Waals surface area contributed by atoms with Gasteiger partial charge in [0.2, 0.25) is 0 Å². The largest absolute Gasteiger partial charge is 0.375 e. The average molecular weight is 299 g/mol. The first-order chi connectivity index (χ1) is 10.8. The number of benzene rings is 1. The Morgan fingerprint density at radius 3 is 2.77 bits per heavy atom. The third kappa shape index (κ3) is 3.20. The lowest BCUT2D eigenvalue weighted by Crippen LogP contribution is -2.47. The predicted octanol–water partition coefficient (Wildman–Crippen LogP) is 3.22. The highest BCUT2D eigenvalue weighted by Crippen LogP contribution is 2.34. The maximum Gasteiger partial charge on any atom is 0.105 e. The summed E-state index contributed by atoms with van der Waals surface area (Å²) < 4.78 is 0. The molecule has 22 heavy (non-hydrogen) atoms. The average Bonchev–Trinajstić information content (AvgIpc) is 2.71. The second kappa shape index (κ2) is 8.04. The summed E-state index contributed by atoms with van der Waals surface area (Å²) in [6, 6.07) is 9.29. The SMILES string of the molecule is C/C=C\C1=C(NC)N2CCNCC2c2ccccc2C1.CC. The van der Waals surface area contributed by atoms with Gasteiger partial charge in [-0.2, -0.15) is 0 Å². The zero-order valence-electron chi connectivity index (χ0n) is 14.3. The highest BCUT2D eigenvalue weighted by Gasteiger charge is 2.30. The fraction of sp³-hybridized carbons (Fsp3) is 0.474. The van der Waals surface area contributed by atoms with Crippen molar-refractivity contribution in [2.24, 2.45) is 0 Å². The van der Waals surface area contributed by atoms with Crippen LogP contribution in [0.3, 0.4) is 0 Å². The Labute approximate surface area is 135 Å². The molecule has 3 nitrogen and oxygen atoms in total. The molecule has 1 aromatic carbocycles. The van der Waals surface area contributed by atoms with E-state index in [4.69, 9.17) is 0 Å². The highest BCUT2D eigenvalue weighted by molar-refractivity contribution is 5.41. The quantitative estimate of drug-likeness (QED) is 0.878. The minimum Gasteiger partial charge on any atom is -0.375 e. The molecule has 2 heterocycles. The molecule has 0 amide bonds. The lowest BCUT2D eigenvalue weighted by molar-refractivity contribution is 0.200. The van der Waals surface area contributed by atoms with Gasteiger partial charge in [0.25, 0.3) is 0 Å². The molecule has 3 heteroatoms. The van der Waals surface area contributed by atoms with Gasteiger partial charge in [-0.05, 0) is 23.6 Å². The van der Waals surface area contributed by atoms with Crippen LogP contribution >= 0.6 is 0 Å². The van der Waals surface area contributed by atoms with Crippen LogP contribution in [0.25, 0.3) is 0 Å². The van der Waals surface area contributed by atoms with E-state index in [1.54, 1.807) is 0 Å². The van der Waals surface area contributed by atoms with Crippen molar-refractivity contribution in [2.45, 2.75) is 33.2 Å². The summed E-state index contributed by atoms with van der Waals surface area (Å²) in [5.41, 5.74) is 4.29. The molecule has 0 bridgehead atoms. The number of hydrogen-bond donors (Lipinski definition) is 2. The first kappa shape index (κ1) is 16.6. The summed E-state index contributed by atoms with van der Waals surface area (Å²) in [5.74, 6) is 1.28. The van der Waals surface area contributed by atoms with Gasteiger partial charge in [-0.3, -0.25) is 0 Å². The van der Waals surface area contributed by atoms with Gasteiger partial charge in [0.15, 0.2) is 0 Å². The number of allylic oxidation sites excluding steroid dienone is 3. The second-order valence-corrected chi connectivity index (χ2v) is 5.41. The van der Waals surface area contributed by atoms with Crippen molar-refractivity contribution in [3.8, 4) is 0 Å². The van der Waals surface area contributed by atoms with Crippen molar-refractivity contribution in [1.29, 1.82) is 0 Å². The van der Waals surface area contributed by atoms with Gasteiger partial charge >= 0.3 is 0 Å². The molecule has 3 rings (SSSR count). The van der Waals surface area contributed by atoms with E-state index in [-0.39, 0.29) is 0 Å². The third-order valence-corrected chi connectivity index (χ3v) is 4.23. The highest BCUT2D eigenvalue weighted by atomic mass is 15.3. The number of piperazine rings is 1. The Morgan fingerprint density at radius 1 is 1.27 bits per heavy atom. The van der Waals surface area contributed by atoms with Crippen molar-refractivity contribution >= 4 is 0 Å². The topological polar surface area (TPSA) is 27.3 Å². The van der Waals surface area contributed by atoms with E-state index in [1.807, 2.05) is 20.9 Å². The number of hydrogen-bond acceptors (Lipinski definition) is 3. The summed E-state index contributed by atoms with van der Waals surface area (Å²) in [4.78, 5) is 2.53. The summed E-state index contributed by atoms with van der Waals surface area (Å²) in [6.07, 6.45) is 5.38. The van der Waals surface area contributed by atoms with Gasteiger partial charge in [0.05, 0.1) is 6.04 Å². The van der Waals surface area contributed by atoms with Gasteiger partial charge in [0, 0.05) is 33.1 Å². The predicted molar refractivity (Wildman–Crippen MR) is 94.7 cm³/mol. The second-order valence-electron chi connectivity index (χ2n) is 5.41. The van der Waals surface area contributed by atoms with Crippen molar-refractivity contribution in [3.63, 3.8) is 0 Å². The van der Waals surface area contributed by atoms with Gasteiger partial charge in [-0.15, -0.1) is 0 Å². The summed E-state index contributed by atoms with van der Waals surface area (Å²) in [5, 5.41) is 6.97. The van der Waals surface area contributed by atoms with E-state index in [0.29, 0.717) is 6.04 Å². The fourth-order valence-electron chi connectivity index (χ4n) is 3.39.